The number of hydrogen-bond acceptors (Lipinski definition) is 2. The standard InChI is InChI=1S/C10H19NO/c12-7-10(8-5-6-8)11-9-3-1-2-4-9/h8-12H,1-7H2. The van der Waals surface area contributed by atoms with Crippen molar-refractivity contribution in [1.29, 1.82) is 0 Å². The highest BCUT2D eigenvalue weighted by molar-refractivity contribution is 4.89. The van der Waals surface area contributed by atoms with Gasteiger partial charge in [0, 0.05) is 12.1 Å². The van der Waals surface area contributed by atoms with E-state index in [0.29, 0.717) is 18.7 Å². The summed E-state index contributed by atoms with van der Waals surface area (Å²) in [4.78, 5) is 0. The Morgan fingerprint density at radius 1 is 1.17 bits per heavy atom. The Bertz CT molecular complexity index is 139. The van der Waals surface area contributed by atoms with Crippen molar-refractivity contribution in [2.24, 2.45) is 5.92 Å². The van der Waals surface area contributed by atoms with Crippen LogP contribution in [-0.4, -0.2) is 23.8 Å². The maximum absolute atomic E-state index is 9.13. The molecule has 0 saturated heterocycles. The van der Waals surface area contributed by atoms with Crippen LogP contribution < -0.4 is 5.32 Å². The van der Waals surface area contributed by atoms with Crippen LogP contribution in [0, 0.1) is 5.92 Å². The molecular formula is C10H19NO. The summed E-state index contributed by atoms with van der Waals surface area (Å²) in [5.41, 5.74) is 0. The van der Waals surface area contributed by atoms with Crippen LogP contribution in [0.1, 0.15) is 38.5 Å². The molecule has 2 fully saturated rings. The Balaban J connectivity index is 1.74. The van der Waals surface area contributed by atoms with E-state index in [2.05, 4.69) is 5.32 Å². The number of rotatable bonds is 4. The van der Waals surface area contributed by atoms with Crippen LogP contribution in [0.4, 0.5) is 0 Å². The first-order valence-electron chi connectivity index (χ1n) is 5.27. The van der Waals surface area contributed by atoms with Gasteiger partial charge < -0.3 is 10.4 Å². The molecule has 2 saturated carbocycles. The predicted molar refractivity (Wildman–Crippen MR) is 49.0 cm³/mol. The van der Waals surface area contributed by atoms with Gasteiger partial charge in [0.2, 0.25) is 0 Å². The van der Waals surface area contributed by atoms with E-state index in [0.717, 1.165) is 5.92 Å². The topological polar surface area (TPSA) is 32.3 Å². The molecule has 2 aliphatic carbocycles. The minimum Gasteiger partial charge on any atom is -0.395 e. The van der Waals surface area contributed by atoms with E-state index in [4.69, 9.17) is 5.11 Å². The fraction of sp³-hybridized carbons (Fsp3) is 1.00. The quantitative estimate of drug-likeness (QED) is 0.664. The first-order chi connectivity index (χ1) is 5.90. The van der Waals surface area contributed by atoms with Gasteiger partial charge >= 0.3 is 0 Å². The van der Waals surface area contributed by atoms with E-state index in [1.54, 1.807) is 0 Å². The molecule has 0 bridgehead atoms. The molecule has 12 heavy (non-hydrogen) atoms. The molecule has 0 aromatic carbocycles. The van der Waals surface area contributed by atoms with Crippen molar-refractivity contribution in [3.63, 3.8) is 0 Å². The van der Waals surface area contributed by atoms with Crippen LogP contribution in [0.5, 0.6) is 0 Å². The van der Waals surface area contributed by atoms with Crippen molar-refractivity contribution < 1.29 is 5.11 Å². The third kappa shape index (κ3) is 1.99. The molecule has 0 aromatic heterocycles. The van der Waals surface area contributed by atoms with E-state index < -0.39 is 0 Å². The van der Waals surface area contributed by atoms with Gasteiger partial charge in [-0.05, 0) is 31.6 Å². The zero-order chi connectivity index (χ0) is 8.39. The van der Waals surface area contributed by atoms with Crippen molar-refractivity contribution in [2.75, 3.05) is 6.61 Å². The van der Waals surface area contributed by atoms with Gasteiger partial charge in [-0.15, -0.1) is 0 Å². The van der Waals surface area contributed by atoms with Crippen molar-refractivity contribution in [2.45, 2.75) is 50.6 Å². The minimum atomic E-state index is 0.334. The molecule has 0 aliphatic heterocycles. The van der Waals surface area contributed by atoms with Crippen LogP contribution in [0.25, 0.3) is 0 Å². The molecule has 1 unspecified atom stereocenters. The van der Waals surface area contributed by atoms with Crippen LogP contribution >= 0.6 is 0 Å². The molecule has 2 rings (SSSR count). The summed E-state index contributed by atoms with van der Waals surface area (Å²) in [6.07, 6.45) is 8.04. The highest BCUT2D eigenvalue weighted by Gasteiger charge is 2.32. The van der Waals surface area contributed by atoms with Crippen molar-refractivity contribution in [3.8, 4) is 0 Å². The van der Waals surface area contributed by atoms with Gasteiger partial charge in [-0.2, -0.15) is 0 Å². The highest BCUT2D eigenvalue weighted by Crippen LogP contribution is 2.33. The van der Waals surface area contributed by atoms with E-state index in [1.807, 2.05) is 0 Å². The molecule has 0 radical (unpaired) electrons. The van der Waals surface area contributed by atoms with Crippen molar-refractivity contribution >= 4 is 0 Å². The van der Waals surface area contributed by atoms with Gasteiger partial charge in [-0.1, -0.05) is 12.8 Å². The average Bonchev–Trinajstić information content (AvgIpc) is 2.80. The minimum absolute atomic E-state index is 0.334. The van der Waals surface area contributed by atoms with Crippen LogP contribution in [-0.2, 0) is 0 Å². The normalized spacial score (nSPS) is 27.8. The lowest BCUT2D eigenvalue weighted by Crippen LogP contribution is -2.40. The lowest BCUT2D eigenvalue weighted by molar-refractivity contribution is 0.216. The fourth-order valence-corrected chi connectivity index (χ4v) is 2.23. The molecule has 2 nitrogen and oxygen atoms in total. The summed E-state index contributed by atoms with van der Waals surface area (Å²) in [5, 5.41) is 12.7. The second-order valence-electron chi connectivity index (χ2n) is 4.27. The number of aliphatic hydroxyl groups excluding tert-OH is 1. The third-order valence-corrected chi connectivity index (χ3v) is 3.19. The molecule has 1 atom stereocenters. The van der Waals surface area contributed by atoms with E-state index in [1.165, 1.54) is 38.5 Å². The number of hydrogen-bond donors (Lipinski definition) is 2. The van der Waals surface area contributed by atoms with Gasteiger partial charge in [0.15, 0.2) is 0 Å². The Hall–Kier alpha value is -0.0800. The maximum Gasteiger partial charge on any atom is 0.0587 e. The molecule has 0 spiro atoms. The number of aliphatic hydroxyl groups is 1. The summed E-state index contributed by atoms with van der Waals surface area (Å²) in [7, 11) is 0. The van der Waals surface area contributed by atoms with Gasteiger partial charge in [0.25, 0.3) is 0 Å². The largest absolute Gasteiger partial charge is 0.395 e. The van der Waals surface area contributed by atoms with Crippen molar-refractivity contribution in [1.82, 2.24) is 5.32 Å². The molecule has 2 heteroatoms. The lowest BCUT2D eigenvalue weighted by atomic mass is 10.1. The number of nitrogens with one attached hydrogen (secondary N) is 1. The zero-order valence-corrected chi connectivity index (χ0v) is 7.63. The molecular weight excluding hydrogens is 150 g/mol. The average molecular weight is 169 g/mol. The maximum atomic E-state index is 9.13. The van der Waals surface area contributed by atoms with Crippen LogP contribution in [0.15, 0.2) is 0 Å². The molecule has 0 heterocycles. The van der Waals surface area contributed by atoms with Gasteiger partial charge in [-0.3, -0.25) is 0 Å². The molecule has 0 aromatic rings. The molecule has 70 valence electrons. The third-order valence-electron chi connectivity index (χ3n) is 3.19. The zero-order valence-electron chi connectivity index (χ0n) is 7.63. The Kier molecular flexibility index (Phi) is 2.66. The van der Waals surface area contributed by atoms with Gasteiger partial charge in [0.05, 0.1) is 6.61 Å². The summed E-state index contributed by atoms with van der Waals surface area (Å²) in [6.45, 7) is 0.334. The SMILES string of the molecule is OCC(NC1CCCC1)C1CC1. The highest BCUT2D eigenvalue weighted by atomic mass is 16.3. The van der Waals surface area contributed by atoms with Crippen LogP contribution in [0.3, 0.4) is 0 Å². The molecule has 2 N–H and O–H groups in total. The molecule has 0 amide bonds. The second-order valence-corrected chi connectivity index (χ2v) is 4.27. The van der Waals surface area contributed by atoms with Gasteiger partial charge in [0.1, 0.15) is 0 Å². The second kappa shape index (κ2) is 3.75. The van der Waals surface area contributed by atoms with Gasteiger partial charge in [-0.25, -0.2) is 0 Å². The monoisotopic (exact) mass is 169 g/mol. The van der Waals surface area contributed by atoms with E-state index in [9.17, 15) is 0 Å². The van der Waals surface area contributed by atoms with E-state index in [-0.39, 0.29) is 0 Å². The first-order valence-corrected chi connectivity index (χ1v) is 5.27. The Morgan fingerprint density at radius 2 is 1.83 bits per heavy atom. The summed E-state index contributed by atoms with van der Waals surface area (Å²) >= 11 is 0. The Labute approximate surface area is 74.4 Å². The lowest BCUT2D eigenvalue weighted by Gasteiger charge is -2.20. The van der Waals surface area contributed by atoms with E-state index >= 15 is 0 Å². The van der Waals surface area contributed by atoms with Crippen LogP contribution in [0.2, 0.25) is 0 Å². The predicted octanol–water partition coefficient (Wildman–Crippen LogP) is 1.29. The molecule has 2 aliphatic rings. The fourth-order valence-electron chi connectivity index (χ4n) is 2.23. The summed E-state index contributed by atoms with van der Waals surface area (Å²) in [5.74, 6) is 0.788. The summed E-state index contributed by atoms with van der Waals surface area (Å²) in [6, 6.07) is 1.12. The first kappa shape index (κ1) is 8.52. The summed E-state index contributed by atoms with van der Waals surface area (Å²) < 4.78 is 0. The smallest absolute Gasteiger partial charge is 0.0587 e. The van der Waals surface area contributed by atoms with Crippen molar-refractivity contribution in [3.05, 3.63) is 0 Å². The Morgan fingerprint density at radius 3 is 2.33 bits per heavy atom.